The van der Waals surface area contributed by atoms with E-state index in [-0.39, 0.29) is 40.1 Å². The fourth-order valence-corrected chi connectivity index (χ4v) is 6.22. The summed E-state index contributed by atoms with van der Waals surface area (Å²) in [5.41, 5.74) is 0.496. The summed E-state index contributed by atoms with van der Waals surface area (Å²) in [5, 5.41) is 13.1. The molecular weight excluding hydrogens is 583 g/mol. The normalized spacial score (nSPS) is 14.5. The van der Waals surface area contributed by atoms with Crippen LogP contribution in [0.2, 0.25) is 0 Å². The third kappa shape index (κ3) is 8.12. The molecule has 0 radical (unpaired) electrons. The van der Waals surface area contributed by atoms with Gasteiger partial charge in [-0.05, 0) is 48.5 Å². The van der Waals surface area contributed by atoms with E-state index in [9.17, 15) is 31.2 Å². The van der Waals surface area contributed by atoms with Crippen molar-refractivity contribution in [2.24, 2.45) is 0 Å². The molecule has 0 unspecified atom stereocenters. The maximum absolute atomic E-state index is 12.7. The second-order valence-electron chi connectivity index (χ2n) is 7.78. The topological polar surface area (TPSA) is 140 Å². The monoisotopic (exact) mass is 603 g/mol. The predicted molar refractivity (Wildman–Crippen MR) is 136 cm³/mol. The Hall–Kier alpha value is -3.25. The van der Waals surface area contributed by atoms with Crippen LogP contribution < -0.4 is 15.4 Å². The minimum Gasteiger partial charge on any atom is -0.406 e. The molecule has 0 atom stereocenters. The van der Waals surface area contributed by atoms with Gasteiger partial charge in [0.15, 0.2) is 4.34 Å². The summed E-state index contributed by atoms with van der Waals surface area (Å²) in [4.78, 5) is 24.8. The van der Waals surface area contributed by atoms with Crippen molar-refractivity contribution in [3.63, 3.8) is 0 Å². The SMILES string of the molecule is O=C(CSc1nnc(NC(=O)c2ccc(S(=O)(=O)N3CCOCC3)cc2)s1)Nc1ccc(OC(F)(F)F)cc1. The second kappa shape index (κ2) is 12.3. The molecule has 1 aromatic heterocycles. The van der Waals surface area contributed by atoms with Crippen LogP contribution in [0, 0.1) is 0 Å². The quantitative estimate of drug-likeness (QED) is 0.278. The number of rotatable bonds is 9. The molecule has 1 fully saturated rings. The van der Waals surface area contributed by atoms with Crippen LogP contribution in [-0.4, -0.2) is 73.2 Å². The molecule has 3 aromatic rings. The number of halogens is 3. The number of sulfonamides is 1. The maximum Gasteiger partial charge on any atom is 0.573 e. The van der Waals surface area contributed by atoms with Crippen molar-refractivity contribution >= 4 is 55.8 Å². The van der Waals surface area contributed by atoms with Gasteiger partial charge in [-0.25, -0.2) is 8.42 Å². The number of morpholine rings is 1. The second-order valence-corrected chi connectivity index (χ2v) is 11.9. The van der Waals surface area contributed by atoms with Crippen LogP contribution in [0.5, 0.6) is 5.75 Å². The molecule has 0 spiro atoms. The zero-order chi connectivity index (χ0) is 28.0. The highest BCUT2D eigenvalue weighted by molar-refractivity contribution is 8.01. The molecule has 17 heteroatoms. The zero-order valence-corrected chi connectivity index (χ0v) is 22.3. The summed E-state index contributed by atoms with van der Waals surface area (Å²) in [7, 11) is -3.68. The van der Waals surface area contributed by atoms with Crippen molar-refractivity contribution < 1.29 is 40.7 Å². The molecule has 0 aliphatic carbocycles. The number of nitrogens with one attached hydrogen (secondary N) is 2. The molecule has 2 aromatic carbocycles. The molecule has 4 rings (SSSR count). The molecule has 11 nitrogen and oxygen atoms in total. The number of benzene rings is 2. The molecule has 0 saturated carbocycles. The summed E-state index contributed by atoms with van der Waals surface area (Å²) in [6, 6.07) is 10.2. The van der Waals surface area contributed by atoms with Gasteiger partial charge < -0.3 is 14.8 Å². The average molecular weight is 604 g/mol. The lowest BCUT2D eigenvalue weighted by atomic mass is 10.2. The van der Waals surface area contributed by atoms with Gasteiger partial charge >= 0.3 is 6.36 Å². The Morgan fingerprint density at radius 3 is 2.33 bits per heavy atom. The molecule has 2 heterocycles. The van der Waals surface area contributed by atoms with E-state index in [1.54, 1.807) is 0 Å². The van der Waals surface area contributed by atoms with Gasteiger partial charge in [0.1, 0.15) is 5.75 Å². The standard InChI is InChI=1S/C22H20F3N5O6S3/c23-22(24,25)36-16-5-3-15(4-6-16)26-18(31)13-37-21-29-28-20(38-21)27-19(32)14-1-7-17(8-2-14)39(33,34)30-9-11-35-12-10-30/h1-8H,9-13H2,(H,26,31)(H,27,28,32). The minimum atomic E-state index is -4.81. The Labute approximate surface area is 228 Å². The lowest BCUT2D eigenvalue weighted by Gasteiger charge is -2.26. The van der Waals surface area contributed by atoms with Crippen LogP contribution in [-0.2, 0) is 19.6 Å². The number of nitrogens with zero attached hydrogens (tertiary/aromatic N) is 3. The van der Waals surface area contributed by atoms with E-state index >= 15 is 0 Å². The molecule has 1 aliphatic heterocycles. The Balaban J connectivity index is 1.26. The van der Waals surface area contributed by atoms with Crippen LogP contribution in [0.3, 0.4) is 0 Å². The van der Waals surface area contributed by atoms with Gasteiger partial charge in [0.25, 0.3) is 5.91 Å². The number of hydrogen-bond acceptors (Lipinski definition) is 10. The first kappa shape index (κ1) is 28.8. The number of carbonyl (C=O) groups excluding carboxylic acids is 2. The first-order valence-electron chi connectivity index (χ1n) is 11.1. The Bertz CT molecular complexity index is 1410. The smallest absolute Gasteiger partial charge is 0.406 e. The van der Waals surface area contributed by atoms with Crippen LogP contribution in [0.1, 0.15) is 10.4 Å². The highest BCUT2D eigenvalue weighted by atomic mass is 32.2. The molecule has 39 heavy (non-hydrogen) atoms. The van der Waals surface area contributed by atoms with Crippen molar-refractivity contribution in [3.05, 3.63) is 54.1 Å². The Morgan fingerprint density at radius 2 is 1.69 bits per heavy atom. The number of carbonyl (C=O) groups is 2. The first-order valence-corrected chi connectivity index (χ1v) is 14.3. The van der Waals surface area contributed by atoms with E-state index in [2.05, 4.69) is 25.6 Å². The van der Waals surface area contributed by atoms with E-state index < -0.39 is 33.9 Å². The predicted octanol–water partition coefficient (Wildman–Crippen LogP) is 3.44. The molecule has 1 saturated heterocycles. The lowest BCUT2D eigenvalue weighted by Crippen LogP contribution is -2.40. The van der Waals surface area contributed by atoms with Crippen LogP contribution in [0.25, 0.3) is 0 Å². The van der Waals surface area contributed by atoms with Crippen molar-refractivity contribution in [2.75, 3.05) is 42.7 Å². The zero-order valence-electron chi connectivity index (χ0n) is 19.8. The Kier molecular flexibility index (Phi) is 9.06. The summed E-state index contributed by atoms with van der Waals surface area (Å²) >= 11 is 2.08. The molecule has 1 aliphatic rings. The summed E-state index contributed by atoms with van der Waals surface area (Å²) in [6.07, 6.45) is -4.81. The largest absolute Gasteiger partial charge is 0.573 e. The van der Waals surface area contributed by atoms with Gasteiger partial charge in [-0.2, -0.15) is 4.31 Å². The third-order valence-electron chi connectivity index (χ3n) is 5.05. The van der Waals surface area contributed by atoms with E-state index in [0.29, 0.717) is 17.6 Å². The van der Waals surface area contributed by atoms with Crippen molar-refractivity contribution in [1.29, 1.82) is 0 Å². The molecule has 2 N–H and O–H groups in total. The lowest BCUT2D eigenvalue weighted by molar-refractivity contribution is -0.274. The van der Waals surface area contributed by atoms with E-state index in [0.717, 1.165) is 35.2 Å². The van der Waals surface area contributed by atoms with Gasteiger partial charge in [-0.15, -0.1) is 23.4 Å². The number of anilines is 2. The van der Waals surface area contributed by atoms with Crippen LogP contribution in [0.15, 0.2) is 57.8 Å². The molecular formula is C22H20F3N5O6S3. The molecule has 208 valence electrons. The number of alkyl halides is 3. The summed E-state index contributed by atoms with van der Waals surface area (Å²) in [5.74, 6) is -1.43. The summed E-state index contributed by atoms with van der Waals surface area (Å²) < 4.78 is 72.8. The minimum absolute atomic E-state index is 0.0670. The van der Waals surface area contributed by atoms with Gasteiger partial charge in [0.05, 0.1) is 23.9 Å². The van der Waals surface area contributed by atoms with Crippen LogP contribution >= 0.6 is 23.1 Å². The maximum atomic E-state index is 12.7. The van der Waals surface area contributed by atoms with Gasteiger partial charge in [0.2, 0.25) is 21.1 Å². The number of hydrogen-bond donors (Lipinski definition) is 2. The number of amides is 2. The Morgan fingerprint density at radius 1 is 1.03 bits per heavy atom. The van der Waals surface area contributed by atoms with Gasteiger partial charge in [-0.3, -0.25) is 14.9 Å². The van der Waals surface area contributed by atoms with E-state index in [1.165, 1.54) is 40.7 Å². The van der Waals surface area contributed by atoms with Crippen molar-refractivity contribution in [3.8, 4) is 5.75 Å². The fraction of sp³-hybridized carbons (Fsp3) is 0.273. The third-order valence-corrected chi connectivity index (χ3v) is 8.93. The number of thioether (sulfide) groups is 1. The van der Waals surface area contributed by atoms with Gasteiger partial charge in [0, 0.05) is 24.3 Å². The van der Waals surface area contributed by atoms with E-state index in [1.807, 2.05) is 0 Å². The molecule has 0 bridgehead atoms. The van der Waals surface area contributed by atoms with Crippen molar-refractivity contribution in [1.82, 2.24) is 14.5 Å². The van der Waals surface area contributed by atoms with Crippen molar-refractivity contribution in [2.45, 2.75) is 15.6 Å². The van der Waals surface area contributed by atoms with Crippen LogP contribution in [0.4, 0.5) is 24.0 Å². The number of ether oxygens (including phenoxy) is 2. The highest BCUT2D eigenvalue weighted by Gasteiger charge is 2.31. The molecule has 2 amide bonds. The first-order chi connectivity index (χ1) is 18.5. The summed E-state index contributed by atoms with van der Waals surface area (Å²) in [6.45, 7) is 1.17. The van der Waals surface area contributed by atoms with Gasteiger partial charge in [-0.1, -0.05) is 23.1 Å². The average Bonchev–Trinajstić information content (AvgIpc) is 3.35. The fourth-order valence-electron chi connectivity index (χ4n) is 3.27. The van der Waals surface area contributed by atoms with E-state index in [4.69, 9.17) is 4.74 Å². The number of aromatic nitrogens is 2. The highest BCUT2D eigenvalue weighted by Crippen LogP contribution is 2.27.